The zero-order valence-corrected chi connectivity index (χ0v) is 22.7. The first-order valence-corrected chi connectivity index (χ1v) is 13.5. The predicted octanol–water partition coefficient (Wildman–Crippen LogP) is 6.31. The maximum absolute atomic E-state index is 13.0. The molecule has 0 saturated carbocycles. The molecular formula is C31H27N5O2S. The van der Waals surface area contributed by atoms with Crippen LogP contribution in [-0.2, 0) is 11.3 Å². The van der Waals surface area contributed by atoms with Crippen molar-refractivity contribution in [3.05, 3.63) is 106 Å². The molecule has 3 heterocycles. The summed E-state index contributed by atoms with van der Waals surface area (Å²) in [7, 11) is 0. The normalized spacial score (nSPS) is 16.1. The Hall–Kier alpha value is -4.43. The Balaban J connectivity index is 1.27. The third-order valence-electron chi connectivity index (χ3n) is 6.95. The number of hydrazone groups is 1. The summed E-state index contributed by atoms with van der Waals surface area (Å²) in [6, 6.07) is 22.2. The van der Waals surface area contributed by atoms with E-state index in [4.69, 9.17) is 10.1 Å². The Morgan fingerprint density at radius 1 is 1.00 bits per heavy atom. The largest absolute Gasteiger partial charge is 0.492 e. The van der Waals surface area contributed by atoms with Gasteiger partial charge in [0, 0.05) is 28.2 Å². The average Bonchev–Trinajstić information content (AvgIpc) is 3.51. The van der Waals surface area contributed by atoms with E-state index in [0.29, 0.717) is 23.4 Å². The number of thioether (sulfide) groups is 1. The maximum Gasteiger partial charge on any atom is 0.283 e. The minimum Gasteiger partial charge on any atom is -0.492 e. The number of nitrogens with zero attached hydrogens (tertiary/aromatic N) is 4. The van der Waals surface area contributed by atoms with Crippen LogP contribution in [0.5, 0.6) is 5.75 Å². The molecule has 4 aromatic rings. The van der Waals surface area contributed by atoms with Crippen LogP contribution in [0.15, 0.2) is 88.6 Å². The van der Waals surface area contributed by atoms with Crippen LogP contribution in [0, 0.1) is 26.2 Å². The van der Waals surface area contributed by atoms with Gasteiger partial charge >= 0.3 is 0 Å². The van der Waals surface area contributed by atoms with Crippen LogP contribution in [-0.4, -0.2) is 38.1 Å². The van der Waals surface area contributed by atoms with Gasteiger partial charge in [-0.15, -0.1) is 0 Å². The number of benzene rings is 3. The van der Waals surface area contributed by atoms with E-state index >= 15 is 0 Å². The number of aromatic nitrogens is 1. The lowest BCUT2D eigenvalue weighted by atomic mass is 10.1. The van der Waals surface area contributed by atoms with E-state index in [0.717, 1.165) is 33.3 Å². The van der Waals surface area contributed by atoms with E-state index in [1.54, 1.807) is 6.08 Å². The van der Waals surface area contributed by atoms with E-state index in [-0.39, 0.29) is 11.4 Å². The van der Waals surface area contributed by atoms with Crippen LogP contribution in [0.25, 0.3) is 17.0 Å². The van der Waals surface area contributed by atoms with Gasteiger partial charge in [0.05, 0.1) is 12.1 Å². The molecule has 0 fully saturated rings. The molecule has 2 aliphatic heterocycles. The molecular weight excluding hydrogens is 506 g/mol. The molecule has 8 heteroatoms. The van der Waals surface area contributed by atoms with Crippen LogP contribution in [0.1, 0.15) is 27.8 Å². The number of amidine groups is 2. The van der Waals surface area contributed by atoms with Gasteiger partial charge in [-0.3, -0.25) is 10.2 Å². The Morgan fingerprint density at radius 3 is 2.59 bits per heavy atom. The number of aryl methyl sites for hydroxylation is 3. The number of nitrogens with one attached hydrogen (secondary N) is 1. The Morgan fingerprint density at radius 2 is 1.79 bits per heavy atom. The molecule has 1 aromatic heterocycles. The first-order valence-electron chi connectivity index (χ1n) is 12.7. The van der Waals surface area contributed by atoms with E-state index in [9.17, 15) is 4.79 Å². The zero-order chi connectivity index (χ0) is 27.1. The summed E-state index contributed by atoms with van der Waals surface area (Å²) in [5, 5.41) is 17.0. The number of hydrogen-bond acceptors (Lipinski definition) is 5. The second-order valence-corrected chi connectivity index (χ2v) is 10.6. The number of rotatable bonds is 6. The molecule has 0 saturated heterocycles. The molecule has 0 atom stereocenters. The SMILES string of the molecule is Cc1ccc(C2=NN3C(=N)/C(=C/c4cn(CCOc5ccc(C)c(C)c5)c5ccccc45)C(=O)N=C3S2)cc1. The highest BCUT2D eigenvalue weighted by molar-refractivity contribution is 8.27. The smallest absolute Gasteiger partial charge is 0.283 e. The lowest BCUT2D eigenvalue weighted by molar-refractivity contribution is -0.114. The van der Waals surface area contributed by atoms with Crippen molar-refractivity contribution in [2.45, 2.75) is 27.3 Å². The Labute approximate surface area is 231 Å². The molecule has 39 heavy (non-hydrogen) atoms. The van der Waals surface area contributed by atoms with E-state index in [1.807, 2.05) is 67.7 Å². The highest BCUT2D eigenvalue weighted by Gasteiger charge is 2.36. The van der Waals surface area contributed by atoms with Gasteiger partial charge in [0.25, 0.3) is 5.91 Å². The maximum atomic E-state index is 13.0. The number of ether oxygens (including phenoxy) is 1. The van der Waals surface area contributed by atoms with E-state index in [2.05, 4.69) is 40.6 Å². The van der Waals surface area contributed by atoms with Gasteiger partial charge in [-0.1, -0.05) is 54.1 Å². The van der Waals surface area contributed by atoms with Crippen molar-refractivity contribution < 1.29 is 9.53 Å². The number of carbonyl (C=O) groups excluding carboxylic acids is 1. The first kappa shape index (κ1) is 24.9. The minimum absolute atomic E-state index is 0.0227. The summed E-state index contributed by atoms with van der Waals surface area (Å²) in [5.41, 5.74) is 6.61. The van der Waals surface area contributed by atoms with Gasteiger partial charge in [0.2, 0.25) is 5.17 Å². The van der Waals surface area contributed by atoms with E-state index < -0.39 is 5.91 Å². The van der Waals surface area contributed by atoms with Crippen molar-refractivity contribution in [1.29, 1.82) is 5.41 Å². The second-order valence-electron chi connectivity index (χ2n) is 9.68. The predicted molar refractivity (Wildman–Crippen MR) is 159 cm³/mol. The van der Waals surface area contributed by atoms with Crippen LogP contribution in [0.2, 0.25) is 0 Å². The molecule has 7 nitrogen and oxygen atoms in total. The van der Waals surface area contributed by atoms with Crippen molar-refractivity contribution in [3.63, 3.8) is 0 Å². The van der Waals surface area contributed by atoms with Crippen LogP contribution < -0.4 is 4.74 Å². The number of aliphatic imine (C=N–C) groups is 1. The molecule has 0 radical (unpaired) electrons. The fourth-order valence-electron chi connectivity index (χ4n) is 4.60. The van der Waals surface area contributed by atoms with Gasteiger partial charge in [-0.25, -0.2) is 0 Å². The molecule has 0 bridgehead atoms. The van der Waals surface area contributed by atoms with Crippen LogP contribution in [0.4, 0.5) is 0 Å². The van der Waals surface area contributed by atoms with Crippen molar-refractivity contribution in [2.24, 2.45) is 10.1 Å². The summed E-state index contributed by atoms with van der Waals surface area (Å²) >= 11 is 1.30. The topological polar surface area (TPSA) is 83.0 Å². The quantitative estimate of drug-likeness (QED) is 0.294. The molecule has 0 aliphatic carbocycles. The van der Waals surface area contributed by atoms with Gasteiger partial charge < -0.3 is 9.30 Å². The lowest BCUT2D eigenvalue weighted by Gasteiger charge is -2.20. The number of hydrogen-bond donors (Lipinski definition) is 1. The van der Waals surface area contributed by atoms with Gasteiger partial charge in [-0.05, 0) is 67.9 Å². The highest BCUT2D eigenvalue weighted by Crippen LogP contribution is 2.32. The average molecular weight is 534 g/mol. The molecule has 2 aliphatic rings. The highest BCUT2D eigenvalue weighted by atomic mass is 32.2. The fraction of sp³-hybridized carbons (Fsp3) is 0.161. The molecule has 194 valence electrons. The molecule has 0 spiro atoms. The number of fused-ring (bicyclic) bond motifs is 2. The van der Waals surface area contributed by atoms with Gasteiger partial charge in [0.15, 0.2) is 5.84 Å². The number of para-hydroxylation sites is 1. The minimum atomic E-state index is -0.436. The zero-order valence-electron chi connectivity index (χ0n) is 21.9. The molecule has 6 rings (SSSR count). The van der Waals surface area contributed by atoms with Crippen LogP contribution in [0.3, 0.4) is 0 Å². The fourth-order valence-corrected chi connectivity index (χ4v) is 5.50. The van der Waals surface area contributed by atoms with Crippen LogP contribution >= 0.6 is 11.8 Å². The molecule has 1 amide bonds. The molecule has 3 aromatic carbocycles. The summed E-state index contributed by atoms with van der Waals surface area (Å²) < 4.78 is 8.14. The number of amides is 1. The third kappa shape index (κ3) is 4.79. The summed E-state index contributed by atoms with van der Waals surface area (Å²) in [6.07, 6.45) is 3.75. The monoisotopic (exact) mass is 533 g/mol. The molecule has 0 unspecified atom stereocenters. The first-order chi connectivity index (χ1) is 18.9. The van der Waals surface area contributed by atoms with Crippen molar-refractivity contribution >= 4 is 50.7 Å². The lowest BCUT2D eigenvalue weighted by Crippen LogP contribution is -2.35. The summed E-state index contributed by atoms with van der Waals surface area (Å²) in [5.74, 6) is 0.435. The summed E-state index contributed by atoms with van der Waals surface area (Å²) in [4.78, 5) is 17.3. The molecule has 1 N–H and O–H groups in total. The summed E-state index contributed by atoms with van der Waals surface area (Å²) in [6.45, 7) is 7.33. The van der Waals surface area contributed by atoms with E-state index in [1.165, 1.54) is 27.9 Å². The standard InChI is InChI=1S/C31H27N5O2S/c1-19-8-11-22(12-9-19)30-34-36-28(32)26(29(37)33-31(36)39-30)17-23-18-35(27-7-5-4-6-25(23)27)14-15-38-24-13-10-20(2)21(3)16-24/h4-13,16-18,32H,14-15H2,1-3H3/b26-17-,32-28?. The number of carbonyl (C=O) groups is 1. The third-order valence-corrected chi connectivity index (χ3v) is 7.91. The Bertz CT molecular complexity index is 1730. The second kappa shape index (κ2) is 10.0. The van der Waals surface area contributed by atoms with Crippen molar-refractivity contribution in [1.82, 2.24) is 9.58 Å². The van der Waals surface area contributed by atoms with Crippen molar-refractivity contribution in [2.75, 3.05) is 6.61 Å². The van der Waals surface area contributed by atoms with Gasteiger partial charge in [-0.2, -0.15) is 15.1 Å². The van der Waals surface area contributed by atoms with Crippen molar-refractivity contribution in [3.8, 4) is 5.75 Å². The Kier molecular flexibility index (Phi) is 6.40. The van der Waals surface area contributed by atoms with Gasteiger partial charge in [0.1, 0.15) is 17.4 Å².